The predicted octanol–water partition coefficient (Wildman–Crippen LogP) is 6.92. The van der Waals surface area contributed by atoms with Crippen LogP contribution in [0.5, 0.6) is 0 Å². The molecule has 0 radical (unpaired) electrons. The molecule has 188 valence electrons. The van der Waals surface area contributed by atoms with Crippen LogP contribution in [-0.4, -0.2) is 30.4 Å². The van der Waals surface area contributed by atoms with Crippen molar-refractivity contribution in [3.63, 3.8) is 0 Å². The van der Waals surface area contributed by atoms with Crippen LogP contribution in [0, 0.1) is 12.7 Å². The Labute approximate surface area is 217 Å². The Hall–Kier alpha value is -2.67. The number of sulfonamides is 1. The van der Waals surface area contributed by atoms with Crippen molar-refractivity contribution in [1.29, 1.82) is 0 Å². The number of hydrogen-bond donors (Lipinski definition) is 0. The zero-order valence-corrected chi connectivity index (χ0v) is 22.1. The molecule has 0 aliphatic carbocycles. The van der Waals surface area contributed by atoms with Crippen LogP contribution in [-0.2, 0) is 23.0 Å². The summed E-state index contributed by atoms with van der Waals surface area (Å²) in [5.74, 6) is -0.0899. The minimum atomic E-state index is -3.52. The monoisotopic (exact) mass is 524 g/mol. The normalized spacial score (nSPS) is 15.6. The van der Waals surface area contributed by atoms with E-state index in [4.69, 9.17) is 11.6 Å². The van der Waals surface area contributed by atoms with Crippen LogP contribution in [0.25, 0.3) is 10.9 Å². The second-order valence-electron chi connectivity index (χ2n) is 9.48. The van der Waals surface area contributed by atoms with Crippen molar-refractivity contribution in [3.8, 4) is 0 Å². The lowest BCUT2D eigenvalue weighted by atomic mass is 9.88. The van der Waals surface area contributed by atoms with Crippen LogP contribution in [0.1, 0.15) is 48.1 Å². The zero-order valence-electron chi connectivity index (χ0n) is 20.5. The number of para-hydroxylation sites is 1. The van der Waals surface area contributed by atoms with Crippen molar-refractivity contribution < 1.29 is 12.8 Å². The first-order valence-corrected chi connectivity index (χ1v) is 14.2. The van der Waals surface area contributed by atoms with Gasteiger partial charge in [-0.05, 0) is 73.6 Å². The fourth-order valence-electron chi connectivity index (χ4n) is 5.45. The molecule has 36 heavy (non-hydrogen) atoms. The number of aryl methyl sites for hydroxylation is 1. The van der Waals surface area contributed by atoms with Gasteiger partial charge in [0.25, 0.3) is 0 Å². The molecule has 5 rings (SSSR count). The first-order valence-electron chi connectivity index (χ1n) is 12.4. The molecule has 0 amide bonds. The summed E-state index contributed by atoms with van der Waals surface area (Å²) in [6.45, 7) is 5.42. The zero-order chi connectivity index (χ0) is 25.4. The topological polar surface area (TPSA) is 42.3 Å². The summed E-state index contributed by atoms with van der Waals surface area (Å²) in [7, 11) is -3.52. The van der Waals surface area contributed by atoms with Gasteiger partial charge in [-0.3, -0.25) is 0 Å². The Bertz CT molecular complexity index is 1480. The van der Waals surface area contributed by atoms with Gasteiger partial charge in [0.05, 0.1) is 11.4 Å². The highest BCUT2D eigenvalue weighted by molar-refractivity contribution is 7.89. The maximum atomic E-state index is 14.6. The third-order valence-electron chi connectivity index (χ3n) is 7.49. The second-order valence-corrected chi connectivity index (χ2v) is 11.8. The van der Waals surface area contributed by atoms with Crippen LogP contribution in [0.2, 0.25) is 5.02 Å². The van der Waals surface area contributed by atoms with Gasteiger partial charge in [-0.2, -0.15) is 4.31 Å². The highest BCUT2D eigenvalue weighted by atomic mass is 35.5. The number of benzene rings is 3. The Morgan fingerprint density at radius 1 is 0.972 bits per heavy atom. The van der Waals surface area contributed by atoms with Gasteiger partial charge in [-0.25, -0.2) is 12.8 Å². The quantitative estimate of drug-likeness (QED) is 0.275. The van der Waals surface area contributed by atoms with Gasteiger partial charge in [0, 0.05) is 40.3 Å². The molecule has 0 atom stereocenters. The number of nitrogens with zero attached hydrogens (tertiary/aromatic N) is 2. The van der Waals surface area contributed by atoms with Crippen molar-refractivity contribution in [1.82, 2.24) is 8.87 Å². The Balaban J connectivity index is 1.43. The third-order valence-corrected chi connectivity index (χ3v) is 9.76. The van der Waals surface area contributed by atoms with Gasteiger partial charge in [-0.15, -0.1) is 0 Å². The van der Waals surface area contributed by atoms with E-state index in [1.54, 1.807) is 28.6 Å². The molecule has 4 aromatic rings. The first-order chi connectivity index (χ1) is 17.3. The molecule has 1 aliphatic rings. The van der Waals surface area contributed by atoms with E-state index >= 15 is 0 Å². The van der Waals surface area contributed by atoms with Gasteiger partial charge in [0.15, 0.2) is 0 Å². The number of halogens is 2. The van der Waals surface area contributed by atoms with E-state index in [1.807, 2.05) is 24.3 Å². The molecule has 0 bridgehead atoms. The summed E-state index contributed by atoms with van der Waals surface area (Å²) in [6, 6.07) is 20.2. The molecule has 1 saturated heterocycles. The van der Waals surface area contributed by atoms with Gasteiger partial charge in [-0.1, -0.05) is 54.9 Å². The molecule has 0 spiro atoms. The van der Waals surface area contributed by atoms with Crippen molar-refractivity contribution >= 4 is 32.5 Å². The van der Waals surface area contributed by atoms with Crippen LogP contribution >= 0.6 is 11.6 Å². The molecule has 1 aromatic heterocycles. The van der Waals surface area contributed by atoms with E-state index < -0.39 is 10.0 Å². The molecule has 1 fully saturated rings. The lowest BCUT2D eigenvalue weighted by Crippen LogP contribution is -2.38. The molecule has 2 heterocycles. The number of hydrogen-bond acceptors (Lipinski definition) is 2. The number of fused-ring (bicyclic) bond motifs is 1. The van der Waals surface area contributed by atoms with E-state index in [-0.39, 0.29) is 11.7 Å². The molecule has 0 saturated carbocycles. The summed E-state index contributed by atoms with van der Waals surface area (Å²) in [5, 5.41) is 1.55. The molecule has 4 nitrogen and oxygen atoms in total. The van der Waals surface area contributed by atoms with Crippen LogP contribution in [0.3, 0.4) is 0 Å². The maximum absolute atomic E-state index is 14.6. The van der Waals surface area contributed by atoms with Crippen LogP contribution in [0.15, 0.2) is 71.6 Å². The fourth-order valence-corrected chi connectivity index (χ4v) is 7.14. The van der Waals surface area contributed by atoms with Crippen molar-refractivity contribution in [2.24, 2.45) is 0 Å². The van der Waals surface area contributed by atoms with E-state index in [9.17, 15) is 12.8 Å². The summed E-state index contributed by atoms with van der Waals surface area (Å²) >= 11 is 6.35. The standard InChI is InChI=1S/C29H30ClFN2O2S/c1-3-21-11-13-23(14-12-21)36(34,35)32-17-15-22(16-18-32)29-20(2)33(28-10-5-4-7-24(28)29)19-25-26(30)8-6-9-27(25)31/h4-14,22H,3,15-19H2,1-2H3. The van der Waals surface area contributed by atoms with Gasteiger partial charge >= 0.3 is 0 Å². The van der Waals surface area contributed by atoms with Gasteiger partial charge in [0.2, 0.25) is 10.0 Å². The highest BCUT2D eigenvalue weighted by Gasteiger charge is 2.32. The predicted molar refractivity (Wildman–Crippen MR) is 144 cm³/mol. The van der Waals surface area contributed by atoms with E-state index in [0.717, 1.165) is 41.4 Å². The number of rotatable bonds is 6. The summed E-state index contributed by atoms with van der Waals surface area (Å²) < 4.78 is 44.9. The smallest absolute Gasteiger partial charge is 0.243 e. The summed E-state index contributed by atoms with van der Waals surface area (Å²) in [4.78, 5) is 0.354. The Kier molecular flexibility index (Phi) is 6.95. The van der Waals surface area contributed by atoms with E-state index in [2.05, 4.69) is 30.5 Å². The maximum Gasteiger partial charge on any atom is 0.243 e. The number of aromatic nitrogens is 1. The minimum absolute atomic E-state index is 0.223. The highest BCUT2D eigenvalue weighted by Crippen LogP contribution is 2.39. The second kappa shape index (κ2) is 10.0. The summed E-state index contributed by atoms with van der Waals surface area (Å²) in [5.41, 5.74) is 4.94. The van der Waals surface area contributed by atoms with Gasteiger partial charge < -0.3 is 4.57 Å². The SMILES string of the molecule is CCc1ccc(S(=O)(=O)N2CCC(c3c(C)n(Cc4c(F)cccc4Cl)c4ccccc34)CC2)cc1. The van der Waals surface area contributed by atoms with E-state index in [1.165, 1.54) is 11.6 Å². The largest absolute Gasteiger partial charge is 0.340 e. The minimum Gasteiger partial charge on any atom is -0.340 e. The summed E-state index contributed by atoms with van der Waals surface area (Å²) in [6.07, 6.45) is 2.35. The van der Waals surface area contributed by atoms with Gasteiger partial charge in [0.1, 0.15) is 5.82 Å². The lowest BCUT2D eigenvalue weighted by molar-refractivity contribution is 0.319. The first kappa shape index (κ1) is 25.0. The molecule has 7 heteroatoms. The van der Waals surface area contributed by atoms with Crippen LogP contribution < -0.4 is 0 Å². The Morgan fingerprint density at radius 3 is 2.33 bits per heavy atom. The van der Waals surface area contributed by atoms with Crippen molar-refractivity contribution in [3.05, 3.63) is 100.0 Å². The van der Waals surface area contributed by atoms with Crippen molar-refractivity contribution in [2.45, 2.75) is 50.5 Å². The van der Waals surface area contributed by atoms with Crippen LogP contribution in [0.4, 0.5) is 4.39 Å². The molecule has 0 unspecified atom stereocenters. The van der Waals surface area contributed by atoms with Crippen molar-refractivity contribution in [2.75, 3.05) is 13.1 Å². The molecule has 0 N–H and O–H groups in total. The lowest BCUT2D eigenvalue weighted by Gasteiger charge is -2.31. The van der Waals surface area contributed by atoms with E-state index in [0.29, 0.717) is 35.1 Å². The third kappa shape index (κ3) is 4.47. The average molecular weight is 525 g/mol. The average Bonchev–Trinajstić information content (AvgIpc) is 3.17. The molecular weight excluding hydrogens is 495 g/mol. The molecule has 1 aliphatic heterocycles. The molecule has 3 aromatic carbocycles. The molecular formula is C29H30ClFN2O2S. The Morgan fingerprint density at radius 2 is 1.67 bits per heavy atom. The number of piperidine rings is 1. The fraction of sp³-hybridized carbons (Fsp3) is 0.310.